The smallest absolute Gasteiger partial charge is 0.194 e. The van der Waals surface area contributed by atoms with E-state index in [9.17, 15) is 4.39 Å². The SMILES string of the molecule is FC(Cl)C=C(Cl)Cl. The molecule has 0 aromatic heterocycles. The van der Waals surface area contributed by atoms with E-state index in [0.29, 0.717) is 0 Å². The monoisotopic (exact) mass is 162 g/mol. The standard InChI is InChI=1S/C3H2Cl3F/c4-2(5)1-3(6)7/h1,3H. The maximum absolute atomic E-state index is 11.5. The zero-order chi connectivity index (χ0) is 5.86. The van der Waals surface area contributed by atoms with Gasteiger partial charge in [0.25, 0.3) is 0 Å². The molecule has 0 nitrogen and oxygen atoms in total. The Balaban J connectivity index is 3.45. The summed E-state index contributed by atoms with van der Waals surface area (Å²) < 4.78 is 11.3. The van der Waals surface area contributed by atoms with Gasteiger partial charge in [-0.15, -0.1) is 0 Å². The summed E-state index contributed by atoms with van der Waals surface area (Å²) in [6, 6.07) is 0. The van der Waals surface area contributed by atoms with Crippen LogP contribution in [0.3, 0.4) is 0 Å². The van der Waals surface area contributed by atoms with Gasteiger partial charge in [-0.3, -0.25) is 0 Å². The Labute approximate surface area is 55.9 Å². The lowest BCUT2D eigenvalue weighted by molar-refractivity contribution is 0.512. The fourth-order valence-corrected chi connectivity index (χ4v) is 0.571. The number of alkyl halides is 2. The molecule has 0 bridgehead atoms. The van der Waals surface area contributed by atoms with Gasteiger partial charge in [-0.1, -0.05) is 34.8 Å². The first-order chi connectivity index (χ1) is 3.13. The van der Waals surface area contributed by atoms with Crippen LogP contribution in [0.1, 0.15) is 0 Å². The highest BCUT2D eigenvalue weighted by atomic mass is 35.5. The molecule has 0 aliphatic heterocycles. The average molecular weight is 163 g/mol. The molecule has 0 saturated heterocycles. The van der Waals surface area contributed by atoms with Crippen molar-refractivity contribution in [2.24, 2.45) is 0 Å². The minimum Gasteiger partial charge on any atom is -0.225 e. The zero-order valence-electron chi connectivity index (χ0n) is 3.17. The molecular formula is C3H2Cl3F. The highest BCUT2D eigenvalue weighted by Crippen LogP contribution is 2.10. The van der Waals surface area contributed by atoms with Gasteiger partial charge in [-0.2, -0.15) is 0 Å². The van der Waals surface area contributed by atoms with E-state index in [2.05, 4.69) is 0 Å². The summed E-state index contributed by atoms with van der Waals surface area (Å²) in [6.07, 6.45) is 0.880. The summed E-state index contributed by atoms with van der Waals surface area (Å²) in [5.74, 6) is 0. The Bertz CT molecular complexity index is 74.2. The molecule has 0 aliphatic carbocycles. The summed E-state index contributed by atoms with van der Waals surface area (Å²) in [7, 11) is 0. The van der Waals surface area contributed by atoms with Crippen molar-refractivity contribution in [1.82, 2.24) is 0 Å². The molecule has 1 unspecified atom stereocenters. The first-order valence-electron chi connectivity index (χ1n) is 1.44. The molecule has 0 aliphatic rings. The van der Waals surface area contributed by atoms with Gasteiger partial charge < -0.3 is 0 Å². The molecule has 0 rings (SSSR count). The van der Waals surface area contributed by atoms with E-state index >= 15 is 0 Å². The van der Waals surface area contributed by atoms with E-state index in [4.69, 9.17) is 34.8 Å². The second-order valence-corrected chi connectivity index (χ2v) is 2.22. The predicted octanol–water partition coefficient (Wildman–Crippen LogP) is 2.84. The first kappa shape index (κ1) is 7.54. The highest BCUT2D eigenvalue weighted by molar-refractivity contribution is 6.56. The van der Waals surface area contributed by atoms with Crippen LogP contribution >= 0.6 is 34.8 Å². The van der Waals surface area contributed by atoms with Crippen LogP contribution in [0.15, 0.2) is 10.6 Å². The van der Waals surface area contributed by atoms with Crippen LogP contribution in [0.4, 0.5) is 4.39 Å². The lowest BCUT2D eigenvalue weighted by atomic mass is 10.7. The van der Waals surface area contributed by atoms with Crippen molar-refractivity contribution in [2.75, 3.05) is 0 Å². The molecular weight excluding hydrogens is 161 g/mol. The Hall–Kier alpha value is 0.540. The molecule has 0 aromatic rings. The second-order valence-electron chi connectivity index (χ2n) is 0.791. The fourth-order valence-electron chi connectivity index (χ4n) is 0.0952. The molecule has 7 heavy (non-hydrogen) atoms. The first-order valence-corrected chi connectivity index (χ1v) is 2.63. The van der Waals surface area contributed by atoms with Gasteiger partial charge in [0.1, 0.15) is 4.49 Å². The molecule has 42 valence electrons. The third kappa shape index (κ3) is 6.54. The molecule has 1 atom stereocenters. The Morgan fingerprint density at radius 2 is 2.00 bits per heavy atom. The number of halogens is 4. The largest absolute Gasteiger partial charge is 0.225 e. The van der Waals surface area contributed by atoms with Crippen molar-refractivity contribution in [3.05, 3.63) is 10.6 Å². The minimum atomic E-state index is -1.58. The molecule has 4 heteroatoms. The second kappa shape index (κ2) is 3.53. The van der Waals surface area contributed by atoms with E-state index in [0.717, 1.165) is 6.08 Å². The van der Waals surface area contributed by atoms with Crippen LogP contribution in [0, 0.1) is 0 Å². The zero-order valence-corrected chi connectivity index (χ0v) is 5.43. The quantitative estimate of drug-likeness (QED) is 0.522. The van der Waals surface area contributed by atoms with Crippen LogP contribution in [0.25, 0.3) is 0 Å². The van der Waals surface area contributed by atoms with Crippen LogP contribution in [0.5, 0.6) is 0 Å². The summed E-state index contributed by atoms with van der Waals surface area (Å²) in [5, 5.41) is 0. The molecule has 0 fully saturated rings. The lowest BCUT2D eigenvalue weighted by Crippen LogP contribution is -1.76. The van der Waals surface area contributed by atoms with Crippen molar-refractivity contribution in [2.45, 2.75) is 5.63 Å². The predicted molar refractivity (Wildman–Crippen MR) is 30.5 cm³/mol. The molecule has 0 radical (unpaired) electrons. The fraction of sp³-hybridized carbons (Fsp3) is 0.333. The van der Waals surface area contributed by atoms with Crippen molar-refractivity contribution in [1.29, 1.82) is 0 Å². The molecule has 0 heterocycles. The van der Waals surface area contributed by atoms with E-state index in [1.807, 2.05) is 0 Å². The van der Waals surface area contributed by atoms with Gasteiger partial charge in [-0.25, -0.2) is 4.39 Å². The average Bonchev–Trinajstić information content (AvgIpc) is 1.27. The van der Waals surface area contributed by atoms with E-state index in [1.165, 1.54) is 0 Å². The van der Waals surface area contributed by atoms with Gasteiger partial charge >= 0.3 is 0 Å². The van der Waals surface area contributed by atoms with Crippen molar-refractivity contribution >= 4 is 34.8 Å². The minimum absolute atomic E-state index is 0.150. The van der Waals surface area contributed by atoms with Gasteiger partial charge in [0.15, 0.2) is 5.63 Å². The number of hydrogen-bond donors (Lipinski definition) is 0. The molecule has 0 saturated carbocycles. The van der Waals surface area contributed by atoms with Crippen molar-refractivity contribution in [3.63, 3.8) is 0 Å². The third-order valence-corrected chi connectivity index (χ3v) is 0.630. The van der Waals surface area contributed by atoms with E-state index < -0.39 is 5.63 Å². The Morgan fingerprint density at radius 3 is 2.00 bits per heavy atom. The van der Waals surface area contributed by atoms with Gasteiger partial charge in [0.05, 0.1) is 0 Å². The third-order valence-electron chi connectivity index (χ3n) is 0.252. The Morgan fingerprint density at radius 1 is 1.57 bits per heavy atom. The maximum Gasteiger partial charge on any atom is 0.194 e. The normalized spacial score (nSPS) is 13.1. The highest BCUT2D eigenvalue weighted by Gasteiger charge is 1.92. The van der Waals surface area contributed by atoms with E-state index in [-0.39, 0.29) is 4.49 Å². The van der Waals surface area contributed by atoms with E-state index in [1.54, 1.807) is 0 Å². The molecule has 0 amide bonds. The van der Waals surface area contributed by atoms with Crippen molar-refractivity contribution < 1.29 is 4.39 Å². The number of allylic oxidation sites excluding steroid dienone is 1. The van der Waals surface area contributed by atoms with Gasteiger partial charge in [0, 0.05) is 0 Å². The van der Waals surface area contributed by atoms with Crippen molar-refractivity contribution in [3.8, 4) is 0 Å². The van der Waals surface area contributed by atoms with Gasteiger partial charge in [0.2, 0.25) is 0 Å². The Kier molecular flexibility index (Phi) is 3.80. The van der Waals surface area contributed by atoms with Gasteiger partial charge in [-0.05, 0) is 6.08 Å². The van der Waals surface area contributed by atoms with Crippen LogP contribution < -0.4 is 0 Å². The topological polar surface area (TPSA) is 0 Å². The summed E-state index contributed by atoms with van der Waals surface area (Å²) in [6.45, 7) is 0. The lowest BCUT2D eigenvalue weighted by Gasteiger charge is -1.83. The van der Waals surface area contributed by atoms with Crippen LogP contribution in [-0.4, -0.2) is 5.63 Å². The van der Waals surface area contributed by atoms with Crippen LogP contribution in [0.2, 0.25) is 0 Å². The summed E-state index contributed by atoms with van der Waals surface area (Å²) >= 11 is 14.7. The molecule has 0 aromatic carbocycles. The summed E-state index contributed by atoms with van der Waals surface area (Å²) in [5.41, 5.74) is -1.58. The summed E-state index contributed by atoms with van der Waals surface area (Å²) in [4.78, 5) is 0. The number of rotatable bonds is 1. The van der Waals surface area contributed by atoms with Crippen LogP contribution in [-0.2, 0) is 0 Å². The molecule has 0 N–H and O–H groups in total. The maximum atomic E-state index is 11.5. The molecule has 0 spiro atoms. The number of hydrogen-bond acceptors (Lipinski definition) is 0.